The molecule has 0 aliphatic heterocycles. The number of hydrogen-bond donors (Lipinski definition) is 1. The minimum Gasteiger partial charge on any atom is -0.504 e. The van der Waals surface area contributed by atoms with Crippen LogP contribution in [-0.2, 0) is 4.79 Å². The quantitative estimate of drug-likeness (QED) is 0.713. The highest BCUT2D eigenvalue weighted by atomic mass is 16.3. The van der Waals surface area contributed by atoms with Crippen molar-refractivity contribution in [2.24, 2.45) is 11.8 Å². The van der Waals surface area contributed by atoms with Gasteiger partial charge in [0.05, 0.1) is 0 Å². The van der Waals surface area contributed by atoms with E-state index in [0.717, 1.165) is 30.8 Å². The average Bonchev–Trinajstić information content (AvgIpc) is 2.57. The zero-order valence-corrected chi connectivity index (χ0v) is 11.5. The smallest absolute Gasteiger partial charge is 0.197 e. The molecule has 98 valence electrons. The van der Waals surface area contributed by atoms with Crippen LogP contribution in [0.5, 0.6) is 0 Å². The van der Waals surface area contributed by atoms with E-state index >= 15 is 0 Å². The van der Waals surface area contributed by atoms with Crippen LogP contribution in [0.15, 0.2) is 11.3 Å². The van der Waals surface area contributed by atoms with Gasteiger partial charge in [0.2, 0.25) is 0 Å². The van der Waals surface area contributed by atoms with Crippen LogP contribution in [0.25, 0.3) is 0 Å². The summed E-state index contributed by atoms with van der Waals surface area (Å²) in [6, 6.07) is 0. The number of aliphatic hydroxyl groups is 1. The van der Waals surface area contributed by atoms with E-state index in [4.69, 9.17) is 0 Å². The molecule has 0 radical (unpaired) electrons. The number of hydrogen-bond acceptors (Lipinski definition) is 2. The van der Waals surface area contributed by atoms with Crippen LogP contribution in [0.1, 0.15) is 65.7 Å². The molecule has 0 saturated carbocycles. The number of carbonyl (C=O) groups is 1. The second-order valence-corrected chi connectivity index (χ2v) is 5.84. The lowest BCUT2D eigenvalue weighted by atomic mass is 9.94. The normalized spacial score (nSPS) is 18.2. The first kappa shape index (κ1) is 14.3. The molecule has 1 rings (SSSR count). The van der Waals surface area contributed by atoms with Crippen molar-refractivity contribution in [3.05, 3.63) is 11.3 Å². The van der Waals surface area contributed by atoms with Gasteiger partial charge in [0.1, 0.15) is 0 Å². The topological polar surface area (TPSA) is 37.3 Å². The molecule has 1 aliphatic rings. The molecule has 17 heavy (non-hydrogen) atoms. The van der Waals surface area contributed by atoms with Crippen LogP contribution in [0, 0.1) is 11.8 Å². The molecule has 0 heterocycles. The zero-order chi connectivity index (χ0) is 12.8. The van der Waals surface area contributed by atoms with Gasteiger partial charge in [-0.2, -0.15) is 0 Å². The Hall–Kier alpha value is -0.790. The van der Waals surface area contributed by atoms with E-state index < -0.39 is 0 Å². The summed E-state index contributed by atoms with van der Waals surface area (Å²) in [7, 11) is 0. The minimum absolute atomic E-state index is 0.0625. The first-order valence-electron chi connectivity index (χ1n) is 6.95. The fourth-order valence-corrected chi connectivity index (χ4v) is 2.38. The largest absolute Gasteiger partial charge is 0.504 e. The van der Waals surface area contributed by atoms with Gasteiger partial charge in [-0.05, 0) is 36.7 Å². The molecule has 0 amide bonds. The van der Waals surface area contributed by atoms with Crippen molar-refractivity contribution in [3.63, 3.8) is 0 Å². The van der Waals surface area contributed by atoms with Gasteiger partial charge in [-0.25, -0.2) is 0 Å². The number of Topliss-reactive ketones (excluding diaryl/α,β-unsaturated/α-hetero) is 1. The van der Waals surface area contributed by atoms with Gasteiger partial charge in [0.25, 0.3) is 0 Å². The highest BCUT2D eigenvalue weighted by Gasteiger charge is 2.21. The van der Waals surface area contributed by atoms with Crippen LogP contribution in [0.4, 0.5) is 0 Å². The van der Waals surface area contributed by atoms with E-state index in [1.165, 1.54) is 19.3 Å². The Morgan fingerprint density at radius 3 is 2.35 bits per heavy atom. The average molecular weight is 238 g/mol. The summed E-state index contributed by atoms with van der Waals surface area (Å²) in [5.74, 6) is 1.50. The van der Waals surface area contributed by atoms with Crippen molar-refractivity contribution < 1.29 is 9.90 Å². The fourth-order valence-electron chi connectivity index (χ4n) is 2.38. The molecule has 0 aromatic carbocycles. The third-order valence-corrected chi connectivity index (χ3v) is 3.67. The van der Waals surface area contributed by atoms with E-state index in [-0.39, 0.29) is 11.5 Å². The molecule has 0 saturated heterocycles. The summed E-state index contributed by atoms with van der Waals surface area (Å²) in [6.45, 7) is 6.80. The predicted octanol–water partition coefficient (Wildman–Crippen LogP) is 4.40. The van der Waals surface area contributed by atoms with Gasteiger partial charge in [-0.1, -0.05) is 40.0 Å². The molecule has 1 unspecified atom stereocenters. The molecule has 1 atom stereocenters. The maximum Gasteiger partial charge on any atom is 0.197 e. The molecule has 0 bridgehead atoms. The summed E-state index contributed by atoms with van der Waals surface area (Å²) >= 11 is 0. The molecular weight excluding hydrogens is 212 g/mol. The van der Waals surface area contributed by atoms with Gasteiger partial charge in [-0.3, -0.25) is 4.79 Å². The molecule has 0 spiro atoms. The van der Waals surface area contributed by atoms with Crippen LogP contribution >= 0.6 is 0 Å². The Bertz CT molecular complexity index is 289. The molecule has 2 heteroatoms. The van der Waals surface area contributed by atoms with Crippen molar-refractivity contribution in [1.82, 2.24) is 0 Å². The first-order chi connectivity index (χ1) is 8.00. The lowest BCUT2D eigenvalue weighted by molar-refractivity contribution is -0.117. The number of rotatable bonds is 7. The summed E-state index contributed by atoms with van der Waals surface area (Å²) in [5, 5.41) is 9.55. The SMILES string of the molecule is CC(C)CCCC(C)CCC1=C(O)C(=O)CC1. The summed E-state index contributed by atoms with van der Waals surface area (Å²) in [5.41, 5.74) is 0.991. The van der Waals surface area contributed by atoms with E-state index in [2.05, 4.69) is 20.8 Å². The fraction of sp³-hybridized carbons (Fsp3) is 0.800. The Labute approximate surface area is 105 Å². The monoisotopic (exact) mass is 238 g/mol. The molecule has 0 aromatic rings. The molecule has 0 aromatic heterocycles. The second kappa shape index (κ2) is 6.83. The van der Waals surface area contributed by atoms with Crippen LogP contribution in [0.2, 0.25) is 0 Å². The molecule has 1 N–H and O–H groups in total. The molecule has 1 aliphatic carbocycles. The Balaban J connectivity index is 2.20. The second-order valence-electron chi connectivity index (χ2n) is 5.84. The standard InChI is InChI=1S/C15H26O2/c1-11(2)5-4-6-12(3)7-8-13-9-10-14(16)15(13)17/h11-12,17H,4-10H2,1-3H3. The van der Waals surface area contributed by atoms with Crippen LogP contribution in [0.3, 0.4) is 0 Å². The lowest BCUT2D eigenvalue weighted by Crippen LogP contribution is -1.99. The third kappa shape index (κ3) is 4.93. The lowest BCUT2D eigenvalue weighted by Gasteiger charge is -2.12. The Morgan fingerprint density at radius 1 is 1.12 bits per heavy atom. The van der Waals surface area contributed by atoms with E-state index in [1.807, 2.05) is 0 Å². The van der Waals surface area contributed by atoms with Crippen LogP contribution in [-0.4, -0.2) is 10.9 Å². The molecular formula is C15H26O2. The Morgan fingerprint density at radius 2 is 1.82 bits per heavy atom. The highest BCUT2D eigenvalue weighted by molar-refractivity contribution is 5.96. The number of ketones is 1. The molecule has 2 nitrogen and oxygen atoms in total. The van der Waals surface area contributed by atoms with Gasteiger partial charge in [0, 0.05) is 6.42 Å². The number of carbonyl (C=O) groups excluding carboxylic acids is 1. The Kier molecular flexibility index (Phi) is 5.73. The maximum atomic E-state index is 11.2. The molecule has 0 fully saturated rings. The summed E-state index contributed by atoms with van der Waals surface area (Å²) in [4.78, 5) is 11.2. The zero-order valence-electron chi connectivity index (χ0n) is 11.5. The highest BCUT2D eigenvalue weighted by Crippen LogP contribution is 2.27. The minimum atomic E-state index is -0.0625. The van der Waals surface area contributed by atoms with E-state index in [9.17, 15) is 9.90 Å². The van der Waals surface area contributed by atoms with E-state index in [1.54, 1.807) is 0 Å². The van der Waals surface area contributed by atoms with Gasteiger partial charge < -0.3 is 5.11 Å². The van der Waals surface area contributed by atoms with Crippen LogP contribution < -0.4 is 0 Å². The van der Waals surface area contributed by atoms with Crippen molar-refractivity contribution >= 4 is 5.78 Å². The summed E-state index contributed by atoms with van der Waals surface area (Å²) < 4.78 is 0. The van der Waals surface area contributed by atoms with Crippen molar-refractivity contribution in [3.8, 4) is 0 Å². The van der Waals surface area contributed by atoms with E-state index in [0.29, 0.717) is 12.3 Å². The number of aliphatic hydroxyl groups excluding tert-OH is 1. The predicted molar refractivity (Wildman–Crippen MR) is 71.0 cm³/mol. The van der Waals surface area contributed by atoms with Crippen molar-refractivity contribution in [1.29, 1.82) is 0 Å². The maximum absolute atomic E-state index is 11.2. The van der Waals surface area contributed by atoms with Gasteiger partial charge >= 0.3 is 0 Å². The first-order valence-corrected chi connectivity index (χ1v) is 6.95. The van der Waals surface area contributed by atoms with Crippen molar-refractivity contribution in [2.45, 2.75) is 65.7 Å². The third-order valence-electron chi connectivity index (χ3n) is 3.67. The van der Waals surface area contributed by atoms with Crippen molar-refractivity contribution in [2.75, 3.05) is 0 Å². The van der Waals surface area contributed by atoms with Gasteiger partial charge in [-0.15, -0.1) is 0 Å². The summed E-state index contributed by atoms with van der Waals surface area (Å²) in [6.07, 6.45) is 7.16. The van der Waals surface area contributed by atoms with Gasteiger partial charge in [0.15, 0.2) is 11.5 Å². The number of allylic oxidation sites excluding steroid dienone is 2.